The topological polar surface area (TPSA) is 141 Å². The highest BCUT2D eigenvalue weighted by Crippen LogP contribution is 2.39. The molecule has 0 aliphatic carbocycles. The van der Waals surface area contributed by atoms with Crippen molar-refractivity contribution in [2.45, 2.75) is 64.1 Å². The molecule has 0 fully saturated rings. The molecule has 2 rings (SSSR count). The molecular formula is C20H29F3N3O6P. The van der Waals surface area contributed by atoms with Gasteiger partial charge in [0.1, 0.15) is 11.3 Å². The summed E-state index contributed by atoms with van der Waals surface area (Å²) in [5.41, 5.74) is 3.35. The van der Waals surface area contributed by atoms with Gasteiger partial charge >= 0.3 is 14.0 Å². The van der Waals surface area contributed by atoms with Crippen molar-refractivity contribution in [2.75, 3.05) is 13.2 Å². The fraction of sp³-hybridized carbons (Fsp3) is 0.600. The van der Waals surface area contributed by atoms with Crippen molar-refractivity contribution in [3.05, 3.63) is 29.7 Å². The number of hydrogen-bond donors (Lipinski definition) is 3. The monoisotopic (exact) mass is 495 g/mol. The third-order valence-electron chi connectivity index (χ3n) is 4.75. The van der Waals surface area contributed by atoms with Gasteiger partial charge < -0.3 is 24.8 Å². The van der Waals surface area contributed by atoms with E-state index in [9.17, 15) is 17.7 Å². The van der Waals surface area contributed by atoms with Gasteiger partial charge in [-0.1, -0.05) is 44.2 Å². The Balaban J connectivity index is 2.13. The molecular weight excluding hydrogens is 466 g/mol. The molecule has 4 N–H and O–H groups in total. The lowest BCUT2D eigenvalue weighted by molar-refractivity contribution is -0.138. The summed E-state index contributed by atoms with van der Waals surface area (Å²) in [4.78, 5) is 21.6. The standard InChI is InChI=1S/C20H29F3N3O6P/c1-3-4-5-6-7-8-11-30-16-10-9-14(12-15(16)20(21,22)23)17-25-18(32-26-17)19(2,24)13-31-33(27,28)29/h9-10,12H,3-8,11,13,24H2,1-2H3,(H2,27,28,29)/t19-/m0/s1. The summed E-state index contributed by atoms with van der Waals surface area (Å²) in [6.07, 6.45) is 1.24. The van der Waals surface area contributed by atoms with Crippen molar-refractivity contribution in [1.29, 1.82) is 0 Å². The first-order chi connectivity index (χ1) is 15.3. The van der Waals surface area contributed by atoms with Crippen LogP contribution in [0.2, 0.25) is 0 Å². The molecule has 1 aromatic carbocycles. The van der Waals surface area contributed by atoms with Crippen molar-refractivity contribution < 1.29 is 41.3 Å². The summed E-state index contributed by atoms with van der Waals surface area (Å²) in [6.45, 7) is 2.95. The zero-order chi connectivity index (χ0) is 24.7. The van der Waals surface area contributed by atoms with E-state index in [1.807, 2.05) is 0 Å². The summed E-state index contributed by atoms with van der Waals surface area (Å²) in [5, 5.41) is 3.64. The number of aromatic nitrogens is 2. The second-order valence-electron chi connectivity index (χ2n) is 7.93. The molecule has 0 saturated heterocycles. The van der Waals surface area contributed by atoms with Crippen LogP contribution in [0, 0.1) is 0 Å². The smallest absolute Gasteiger partial charge is 0.469 e. The zero-order valence-corrected chi connectivity index (χ0v) is 19.4. The van der Waals surface area contributed by atoms with Crippen LogP contribution in [-0.4, -0.2) is 33.1 Å². The molecule has 1 atom stereocenters. The highest BCUT2D eigenvalue weighted by atomic mass is 31.2. The van der Waals surface area contributed by atoms with Gasteiger partial charge in [0.15, 0.2) is 0 Å². The SMILES string of the molecule is CCCCCCCCOc1ccc(-c2noc([C@@](C)(N)COP(=O)(O)O)n2)cc1C(F)(F)F. The molecule has 13 heteroatoms. The number of rotatable bonds is 13. The average Bonchev–Trinajstić information content (AvgIpc) is 3.22. The van der Waals surface area contributed by atoms with Crippen molar-refractivity contribution in [1.82, 2.24) is 10.1 Å². The Morgan fingerprint density at radius 3 is 2.45 bits per heavy atom. The first kappa shape index (κ1) is 27.3. The van der Waals surface area contributed by atoms with E-state index in [-0.39, 0.29) is 29.6 Å². The Bertz CT molecular complexity index is 945. The highest BCUT2D eigenvalue weighted by molar-refractivity contribution is 7.46. The second kappa shape index (κ2) is 11.4. The number of nitrogens with zero attached hydrogens (tertiary/aromatic N) is 2. The molecule has 0 aliphatic heterocycles. The van der Waals surface area contributed by atoms with Crippen LogP contribution >= 0.6 is 7.82 Å². The van der Waals surface area contributed by atoms with E-state index in [1.165, 1.54) is 19.1 Å². The zero-order valence-electron chi connectivity index (χ0n) is 18.5. The Hall–Kier alpha value is -1.98. The van der Waals surface area contributed by atoms with Crippen LogP contribution in [0.5, 0.6) is 5.75 Å². The molecule has 9 nitrogen and oxygen atoms in total. The van der Waals surface area contributed by atoms with E-state index in [4.69, 9.17) is 24.8 Å². The number of phosphoric ester groups is 1. The summed E-state index contributed by atoms with van der Waals surface area (Å²) < 4.78 is 66.5. The van der Waals surface area contributed by atoms with E-state index in [1.54, 1.807) is 0 Å². The van der Waals surface area contributed by atoms with Crippen LogP contribution in [0.1, 0.15) is 63.8 Å². The summed E-state index contributed by atoms with van der Waals surface area (Å²) >= 11 is 0. The number of ether oxygens (including phenoxy) is 1. The van der Waals surface area contributed by atoms with Crippen molar-refractivity contribution in [2.24, 2.45) is 5.73 Å². The van der Waals surface area contributed by atoms with Crippen LogP contribution in [-0.2, 0) is 20.8 Å². The Kier molecular flexibility index (Phi) is 9.45. The largest absolute Gasteiger partial charge is 0.493 e. The molecule has 0 saturated carbocycles. The number of phosphoric acid groups is 1. The van der Waals surface area contributed by atoms with Gasteiger partial charge in [-0.25, -0.2) is 4.57 Å². The van der Waals surface area contributed by atoms with Crippen LogP contribution in [0.15, 0.2) is 22.7 Å². The minimum atomic E-state index is -4.79. The average molecular weight is 495 g/mol. The van der Waals surface area contributed by atoms with E-state index in [0.29, 0.717) is 6.42 Å². The quantitative estimate of drug-likeness (QED) is 0.264. The van der Waals surface area contributed by atoms with Crippen LogP contribution in [0.4, 0.5) is 13.2 Å². The molecule has 1 heterocycles. The third kappa shape index (κ3) is 8.71. The number of alkyl halides is 3. The number of nitrogens with two attached hydrogens (primary N) is 1. The van der Waals surface area contributed by atoms with Gasteiger partial charge in [-0.05, 0) is 31.5 Å². The van der Waals surface area contributed by atoms with E-state index in [0.717, 1.165) is 38.2 Å². The van der Waals surface area contributed by atoms with Gasteiger partial charge in [0.25, 0.3) is 0 Å². The third-order valence-corrected chi connectivity index (χ3v) is 5.21. The lowest BCUT2D eigenvalue weighted by atomic mass is 10.1. The Morgan fingerprint density at radius 2 is 1.82 bits per heavy atom. The molecule has 0 radical (unpaired) electrons. The summed E-state index contributed by atoms with van der Waals surface area (Å²) in [7, 11) is -4.79. The normalized spacial score (nSPS) is 14.3. The molecule has 0 amide bonds. The fourth-order valence-electron chi connectivity index (χ4n) is 2.93. The predicted octanol–water partition coefficient (Wildman–Crippen LogP) is 4.78. The Morgan fingerprint density at radius 1 is 1.15 bits per heavy atom. The molecule has 0 unspecified atom stereocenters. The van der Waals surface area contributed by atoms with Crippen molar-refractivity contribution in [3.8, 4) is 17.1 Å². The van der Waals surface area contributed by atoms with Gasteiger partial charge in [-0.3, -0.25) is 4.52 Å². The lowest BCUT2D eigenvalue weighted by Crippen LogP contribution is -2.38. The summed E-state index contributed by atoms with van der Waals surface area (Å²) in [6, 6.07) is 3.41. The first-order valence-electron chi connectivity index (χ1n) is 10.5. The summed E-state index contributed by atoms with van der Waals surface area (Å²) in [5.74, 6) is -0.726. The van der Waals surface area contributed by atoms with Crippen LogP contribution in [0.3, 0.4) is 0 Å². The second-order valence-corrected chi connectivity index (χ2v) is 9.17. The van der Waals surface area contributed by atoms with Gasteiger partial charge in [-0.15, -0.1) is 0 Å². The molecule has 0 bridgehead atoms. The number of halogens is 3. The highest BCUT2D eigenvalue weighted by Gasteiger charge is 2.36. The van der Waals surface area contributed by atoms with Crippen LogP contribution < -0.4 is 10.5 Å². The van der Waals surface area contributed by atoms with Crippen molar-refractivity contribution >= 4 is 7.82 Å². The fourth-order valence-corrected chi connectivity index (χ4v) is 3.37. The van der Waals surface area contributed by atoms with Gasteiger partial charge in [0, 0.05) is 5.56 Å². The number of hydrogen-bond acceptors (Lipinski definition) is 7. The van der Waals surface area contributed by atoms with Crippen LogP contribution in [0.25, 0.3) is 11.4 Å². The minimum absolute atomic E-state index is 0.0101. The predicted molar refractivity (Wildman–Crippen MR) is 113 cm³/mol. The molecule has 0 spiro atoms. The maximum Gasteiger partial charge on any atom is 0.469 e. The Labute approximate surface area is 189 Å². The molecule has 186 valence electrons. The first-order valence-corrected chi connectivity index (χ1v) is 12.0. The van der Waals surface area contributed by atoms with Gasteiger partial charge in [0.2, 0.25) is 11.7 Å². The maximum atomic E-state index is 13.6. The minimum Gasteiger partial charge on any atom is -0.493 e. The lowest BCUT2D eigenvalue weighted by Gasteiger charge is -2.19. The van der Waals surface area contributed by atoms with Crippen molar-refractivity contribution in [3.63, 3.8) is 0 Å². The molecule has 33 heavy (non-hydrogen) atoms. The van der Waals surface area contributed by atoms with E-state index >= 15 is 0 Å². The maximum absolute atomic E-state index is 13.6. The van der Waals surface area contributed by atoms with Gasteiger partial charge in [-0.2, -0.15) is 18.2 Å². The van der Waals surface area contributed by atoms with E-state index in [2.05, 4.69) is 21.6 Å². The number of benzene rings is 1. The van der Waals surface area contributed by atoms with E-state index < -0.39 is 31.7 Å². The molecule has 0 aliphatic rings. The molecule has 1 aromatic heterocycles. The van der Waals surface area contributed by atoms with Gasteiger partial charge in [0.05, 0.1) is 18.8 Å². The number of unbranched alkanes of at least 4 members (excludes halogenated alkanes) is 5. The molecule has 2 aromatic rings.